The summed E-state index contributed by atoms with van der Waals surface area (Å²) in [5, 5.41) is 5.88. The van der Waals surface area contributed by atoms with Gasteiger partial charge in [0.25, 0.3) is 5.91 Å². The Hall–Kier alpha value is -3.18. The maximum Gasteiger partial charge on any atom is 0.280 e. The molecule has 3 aromatic rings. The predicted octanol–water partition coefficient (Wildman–Crippen LogP) is 5.83. The first-order chi connectivity index (χ1) is 14.1. The van der Waals surface area contributed by atoms with Crippen LogP contribution in [0.4, 0.5) is 5.69 Å². The molecular weight excluding hydrogens is 428 g/mol. The Morgan fingerprint density at radius 2 is 1.69 bits per heavy atom. The minimum absolute atomic E-state index is 0.150. The van der Waals surface area contributed by atoms with Crippen LogP contribution in [0.25, 0.3) is 6.08 Å². The SMILES string of the molecule is CC1=NN(c2ccccc2)C(=O)/C1=C/c1cc(Br)ccc1OCc1ccccc1. The molecule has 0 fully saturated rings. The Morgan fingerprint density at radius 1 is 1.00 bits per heavy atom. The highest BCUT2D eigenvalue weighted by molar-refractivity contribution is 9.10. The average molecular weight is 447 g/mol. The van der Waals surface area contributed by atoms with Gasteiger partial charge in [-0.3, -0.25) is 4.79 Å². The van der Waals surface area contributed by atoms with Crippen molar-refractivity contribution >= 4 is 39.3 Å². The van der Waals surface area contributed by atoms with Gasteiger partial charge in [-0.25, -0.2) is 0 Å². The molecule has 0 N–H and O–H groups in total. The minimum atomic E-state index is -0.150. The summed E-state index contributed by atoms with van der Waals surface area (Å²) in [6.07, 6.45) is 1.84. The molecule has 0 unspecified atom stereocenters. The molecule has 4 rings (SSSR count). The Bertz CT molecular complexity index is 1090. The van der Waals surface area contributed by atoms with Gasteiger partial charge < -0.3 is 4.74 Å². The second-order valence-corrected chi connectivity index (χ2v) is 7.57. The summed E-state index contributed by atoms with van der Waals surface area (Å²) in [4.78, 5) is 13.0. The molecule has 5 heteroatoms. The standard InChI is InChI=1S/C24H19BrN2O2/c1-17-22(24(28)27(26-17)21-10-6-3-7-11-21)15-19-14-20(25)12-13-23(19)29-16-18-8-4-2-5-9-18/h2-15H,16H2,1H3/b22-15+. The zero-order valence-electron chi connectivity index (χ0n) is 15.9. The van der Waals surface area contributed by atoms with Gasteiger partial charge in [0, 0.05) is 10.0 Å². The van der Waals surface area contributed by atoms with E-state index in [1.165, 1.54) is 5.01 Å². The molecule has 1 aliphatic rings. The fourth-order valence-electron chi connectivity index (χ4n) is 3.08. The van der Waals surface area contributed by atoms with Crippen molar-refractivity contribution in [2.45, 2.75) is 13.5 Å². The number of para-hydroxylation sites is 1. The maximum absolute atomic E-state index is 13.0. The number of benzene rings is 3. The Labute approximate surface area is 178 Å². The van der Waals surface area contributed by atoms with Crippen LogP contribution < -0.4 is 9.75 Å². The van der Waals surface area contributed by atoms with Gasteiger partial charge in [-0.1, -0.05) is 64.5 Å². The topological polar surface area (TPSA) is 41.9 Å². The van der Waals surface area contributed by atoms with E-state index in [1.807, 2.05) is 91.9 Å². The highest BCUT2D eigenvalue weighted by Gasteiger charge is 2.28. The molecule has 0 atom stereocenters. The summed E-state index contributed by atoms with van der Waals surface area (Å²) in [6.45, 7) is 2.30. The fourth-order valence-corrected chi connectivity index (χ4v) is 3.46. The van der Waals surface area contributed by atoms with Crippen LogP contribution in [-0.2, 0) is 11.4 Å². The van der Waals surface area contributed by atoms with Gasteiger partial charge in [0.1, 0.15) is 12.4 Å². The molecule has 144 valence electrons. The second-order valence-electron chi connectivity index (χ2n) is 6.65. The summed E-state index contributed by atoms with van der Waals surface area (Å²) < 4.78 is 6.95. The van der Waals surface area contributed by atoms with Crippen LogP contribution in [-0.4, -0.2) is 11.6 Å². The van der Waals surface area contributed by atoms with E-state index in [1.54, 1.807) is 0 Å². The number of ether oxygens (including phenoxy) is 1. The Morgan fingerprint density at radius 3 is 2.41 bits per heavy atom. The van der Waals surface area contributed by atoms with Gasteiger partial charge in [-0.15, -0.1) is 0 Å². The van der Waals surface area contributed by atoms with Crippen LogP contribution >= 0.6 is 15.9 Å². The summed E-state index contributed by atoms with van der Waals surface area (Å²) in [7, 11) is 0. The molecule has 0 spiro atoms. The number of hydrogen-bond donors (Lipinski definition) is 0. The van der Waals surface area contributed by atoms with Crippen molar-refractivity contribution in [3.63, 3.8) is 0 Å². The minimum Gasteiger partial charge on any atom is -0.488 e. The molecule has 29 heavy (non-hydrogen) atoms. The van der Waals surface area contributed by atoms with Gasteiger partial charge in [0.05, 0.1) is 17.0 Å². The van der Waals surface area contributed by atoms with Crippen LogP contribution in [0.2, 0.25) is 0 Å². The number of anilines is 1. The number of amides is 1. The number of hydrogen-bond acceptors (Lipinski definition) is 3. The van der Waals surface area contributed by atoms with Crippen molar-refractivity contribution in [3.05, 3.63) is 100 Å². The summed E-state index contributed by atoms with van der Waals surface area (Å²) in [5.41, 5.74) is 3.88. The third-order valence-electron chi connectivity index (χ3n) is 4.57. The van der Waals surface area contributed by atoms with Crippen LogP contribution in [0.15, 0.2) is 94.0 Å². The third kappa shape index (κ3) is 4.30. The molecular formula is C24H19BrN2O2. The number of carbonyl (C=O) groups is 1. The van der Waals surface area contributed by atoms with Crippen LogP contribution in [0.5, 0.6) is 5.75 Å². The van der Waals surface area contributed by atoms with Crippen LogP contribution in [0, 0.1) is 0 Å². The van der Waals surface area contributed by atoms with E-state index in [9.17, 15) is 4.79 Å². The maximum atomic E-state index is 13.0. The van der Waals surface area contributed by atoms with Crippen molar-refractivity contribution in [1.82, 2.24) is 0 Å². The number of nitrogens with zero attached hydrogens (tertiary/aromatic N) is 2. The van der Waals surface area contributed by atoms with E-state index < -0.39 is 0 Å². The average Bonchev–Trinajstić information content (AvgIpc) is 3.03. The summed E-state index contributed by atoms with van der Waals surface area (Å²) >= 11 is 3.51. The lowest BCUT2D eigenvalue weighted by Crippen LogP contribution is -2.21. The molecule has 1 aliphatic heterocycles. The van der Waals surface area contributed by atoms with Crippen molar-refractivity contribution in [1.29, 1.82) is 0 Å². The molecule has 4 nitrogen and oxygen atoms in total. The summed E-state index contributed by atoms with van der Waals surface area (Å²) in [6, 6.07) is 25.2. The van der Waals surface area contributed by atoms with Crippen molar-refractivity contribution in [2.24, 2.45) is 5.10 Å². The van der Waals surface area contributed by atoms with E-state index in [0.717, 1.165) is 21.3 Å². The van der Waals surface area contributed by atoms with Crippen molar-refractivity contribution in [3.8, 4) is 5.75 Å². The second kappa shape index (κ2) is 8.45. The molecule has 0 aromatic heterocycles. The predicted molar refractivity (Wildman–Crippen MR) is 120 cm³/mol. The zero-order chi connectivity index (χ0) is 20.2. The van der Waals surface area contributed by atoms with Gasteiger partial charge >= 0.3 is 0 Å². The Balaban J connectivity index is 1.63. The number of halogens is 1. The molecule has 0 aliphatic carbocycles. The highest BCUT2D eigenvalue weighted by Crippen LogP contribution is 2.30. The molecule has 3 aromatic carbocycles. The first-order valence-electron chi connectivity index (χ1n) is 9.25. The van der Waals surface area contributed by atoms with Crippen molar-refractivity contribution < 1.29 is 9.53 Å². The van der Waals surface area contributed by atoms with E-state index in [2.05, 4.69) is 21.0 Å². The highest BCUT2D eigenvalue weighted by atomic mass is 79.9. The van der Waals surface area contributed by atoms with Gasteiger partial charge in [0.15, 0.2) is 0 Å². The first-order valence-corrected chi connectivity index (χ1v) is 10.0. The number of rotatable bonds is 5. The molecule has 1 amide bonds. The van der Waals surface area contributed by atoms with E-state index >= 15 is 0 Å². The van der Waals surface area contributed by atoms with Gasteiger partial charge in [-0.05, 0) is 48.9 Å². The smallest absolute Gasteiger partial charge is 0.280 e. The van der Waals surface area contributed by atoms with E-state index in [0.29, 0.717) is 23.6 Å². The van der Waals surface area contributed by atoms with Gasteiger partial charge in [0.2, 0.25) is 0 Å². The third-order valence-corrected chi connectivity index (χ3v) is 5.07. The van der Waals surface area contributed by atoms with E-state index in [4.69, 9.17) is 4.74 Å². The summed E-state index contributed by atoms with van der Waals surface area (Å²) in [5.74, 6) is 0.561. The van der Waals surface area contributed by atoms with Crippen LogP contribution in [0.1, 0.15) is 18.1 Å². The van der Waals surface area contributed by atoms with Crippen LogP contribution in [0.3, 0.4) is 0 Å². The monoisotopic (exact) mass is 446 g/mol. The number of hydrazone groups is 1. The largest absolute Gasteiger partial charge is 0.488 e. The quantitative estimate of drug-likeness (QED) is 0.462. The number of carbonyl (C=O) groups excluding carboxylic acids is 1. The van der Waals surface area contributed by atoms with Crippen molar-refractivity contribution in [2.75, 3.05) is 5.01 Å². The lowest BCUT2D eigenvalue weighted by atomic mass is 10.1. The first kappa shape index (κ1) is 19.2. The zero-order valence-corrected chi connectivity index (χ0v) is 17.5. The molecule has 0 saturated heterocycles. The van der Waals surface area contributed by atoms with Gasteiger partial charge in [-0.2, -0.15) is 10.1 Å². The molecule has 0 bridgehead atoms. The molecule has 0 saturated carbocycles. The Kier molecular flexibility index (Phi) is 5.58. The lowest BCUT2D eigenvalue weighted by molar-refractivity contribution is -0.114. The fraction of sp³-hybridized carbons (Fsp3) is 0.0833. The molecule has 1 heterocycles. The lowest BCUT2D eigenvalue weighted by Gasteiger charge is -2.12. The normalized spacial score (nSPS) is 15.0. The van der Waals surface area contributed by atoms with E-state index in [-0.39, 0.29) is 5.91 Å². The molecule has 0 radical (unpaired) electrons.